The molecular formula is C44H25N3S2. The first-order chi connectivity index (χ1) is 24.3. The van der Waals surface area contributed by atoms with Gasteiger partial charge in [-0.1, -0.05) is 109 Å². The summed E-state index contributed by atoms with van der Waals surface area (Å²) < 4.78 is 7.89. The van der Waals surface area contributed by atoms with Crippen LogP contribution in [0, 0.1) is 0 Å². The van der Waals surface area contributed by atoms with Crippen molar-refractivity contribution in [3.63, 3.8) is 0 Å². The Balaban J connectivity index is 1.23. The molecule has 0 saturated carbocycles. The number of rotatable bonds is 3. The average Bonchev–Trinajstić information content (AvgIpc) is 3.85. The third kappa shape index (κ3) is 3.88. The standard InChI is InChI=1S/C44H25N3S2/c1-2-12-26(13-3-1)40-41(46-33-18-8-7-17-32(33)45-40)27-22-24-28(25-23-27)47-34-19-9-4-14-29(34)37-38-30-15-5-10-20-35(30)48-43(38)44-39(42(37)47)31-16-6-11-21-36(31)49-44/h1-25H. The van der Waals surface area contributed by atoms with E-state index in [9.17, 15) is 0 Å². The quantitative estimate of drug-likeness (QED) is 0.189. The molecule has 7 aromatic carbocycles. The summed E-state index contributed by atoms with van der Waals surface area (Å²) in [4.78, 5) is 10.3. The van der Waals surface area contributed by atoms with Crippen molar-refractivity contribution in [2.24, 2.45) is 0 Å². The highest BCUT2D eigenvalue weighted by atomic mass is 32.1. The Morgan fingerprint density at radius 2 is 0.918 bits per heavy atom. The SMILES string of the molecule is c1ccc(-c2nc3ccccc3nc2-c2ccc(-n3c4ccccc4c4c5c6ccccc6sc5c5sc6ccccc6c5c43)cc2)cc1. The zero-order valence-corrected chi connectivity index (χ0v) is 27.7. The number of aromatic nitrogens is 3. The maximum absolute atomic E-state index is 5.17. The van der Waals surface area contributed by atoms with E-state index >= 15 is 0 Å². The van der Waals surface area contributed by atoms with E-state index in [1.807, 2.05) is 53.0 Å². The first-order valence-electron chi connectivity index (χ1n) is 16.4. The van der Waals surface area contributed by atoms with E-state index in [4.69, 9.17) is 9.97 Å². The lowest BCUT2D eigenvalue weighted by Gasteiger charge is -2.13. The van der Waals surface area contributed by atoms with E-state index in [0.717, 1.165) is 39.2 Å². The molecule has 3 nitrogen and oxygen atoms in total. The summed E-state index contributed by atoms with van der Waals surface area (Å²) in [5.41, 5.74) is 9.26. The van der Waals surface area contributed by atoms with Crippen LogP contribution >= 0.6 is 22.7 Å². The van der Waals surface area contributed by atoms with Crippen LogP contribution in [0.4, 0.5) is 0 Å². The van der Waals surface area contributed by atoms with Crippen LogP contribution in [0.25, 0.3) is 101 Å². The van der Waals surface area contributed by atoms with Crippen LogP contribution in [0.2, 0.25) is 0 Å². The second kappa shape index (κ2) is 10.3. The van der Waals surface area contributed by atoms with Gasteiger partial charge >= 0.3 is 0 Å². The number of thiophene rings is 2. The van der Waals surface area contributed by atoms with E-state index in [1.165, 1.54) is 62.2 Å². The van der Waals surface area contributed by atoms with Crippen molar-refractivity contribution < 1.29 is 0 Å². The van der Waals surface area contributed by atoms with Crippen molar-refractivity contribution in [2.45, 2.75) is 0 Å². The predicted molar refractivity (Wildman–Crippen MR) is 211 cm³/mol. The summed E-state index contributed by atoms with van der Waals surface area (Å²) in [6.07, 6.45) is 0. The third-order valence-electron chi connectivity index (χ3n) is 9.78. The highest BCUT2D eigenvalue weighted by Crippen LogP contribution is 2.52. The fourth-order valence-electron chi connectivity index (χ4n) is 7.66. The summed E-state index contributed by atoms with van der Waals surface area (Å²) in [6, 6.07) is 54.1. The number of nitrogens with zero attached hydrogens (tertiary/aromatic N) is 3. The van der Waals surface area contributed by atoms with Crippen LogP contribution in [0.1, 0.15) is 0 Å². The lowest BCUT2D eigenvalue weighted by Crippen LogP contribution is -1.97. The lowest BCUT2D eigenvalue weighted by atomic mass is 10.0. The van der Waals surface area contributed by atoms with Gasteiger partial charge in [0.15, 0.2) is 0 Å². The van der Waals surface area contributed by atoms with Crippen LogP contribution in [0.3, 0.4) is 0 Å². The molecule has 0 saturated heterocycles. The van der Waals surface area contributed by atoms with Gasteiger partial charge in [0.25, 0.3) is 0 Å². The average molecular weight is 660 g/mol. The first-order valence-corrected chi connectivity index (χ1v) is 18.1. The minimum absolute atomic E-state index is 0.886. The Bertz CT molecular complexity index is 3090. The number of fused-ring (bicyclic) bond motifs is 13. The summed E-state index contributed by atoms with van der Waals surface area (Å²) >= 11 is 3.84. The summed E-state index contributed by atoms with van der Waals surface area (Å²) in [7, 11) is 0. The zero-order valence-electron chi connectivity index (χ0n) is 26.1. The van der Waals surface area contributed by atoms with E-state index < -0.39 is 0 Å². The molecule has 11 rings (SSSR count). The Morgan fingerprint density at radius 1 is 0.408 bits per heavy atom. The van der Waals surface area contributed by atoms with Gasteiger partial charge in [0, 0.05) is 58.5 Å². The van der Waals surface area contributed by atoms with Gasteiger partial charge in [-0.05, 0) is 42.5 Å². The number of hydrogen-bond acceptors (Lipinski definition) is 4. The molecule has 4 heterocycles. The molecule has 0 atom stereocenters. The van der Waals surface area contributed by atoms with Crippen molar-refractivity contribution in [3.8, 4) is 28.2 Å². The summed E-state index contributed by atoms with van der Waals surface area (Å²) in [6.45, 7) is 0. The monoisotopic (exact) mass is 659 g/mol. The third-order valence-corrected chi connectivity index (χ3v) is 12.3. The zero-order chi connectivity index (χ0) is 32.1. The van der Waals surface area contributed by atoms with Gasteiger partial charge in [0.05, 0.1) is 42.9 Å². The molecule has 0 unspecified atom stereocenters. The van der Waals surface area contributed by atoms with Crippen molar-refractivity contribution in [1.82, 2.24) is 14.5 Å². The summed E-state index contributed by atoms with van der Waals surface area (Å²) in [5, 5.41) is 7.94. The van der Waals surface area contributed by atoms with Crippen molar-refractivity contribution in [3.05, 3.63) is 152 Å². The van der Waals surface area contributed by atoms with Gasteiger partial charge in [-0.15, -0.1) is 22.7 Å². The molecule has 0 bridgehead atoms. The summed E-state index contributed by atoms with van der Waals surface area (Å²) in [5.74, 6) is 0. The van der Waals surface area contributed by atoms with Crippen molar-refractivity contribution in [1.29, 1.82) is 0 Å². The highest BCUT2D eigenvalue weighted by molar-refractivity contribution is 7.33. The van der Waals surface area contributed by atoms with Crippen LogP contribution in [0.15, 0.2) is 152 Å². The van der Waals surface area contributed by atoms with Crippen LogP contribution in [-0.2, 0) is 0 Å². The molecule has 0 aliphatic carbocycles. The van der Waals surface area contributed by atoms with Gasteiger partial charge in [-0.25, -0.2) is 9.97 Å². The van der Waals surface area contributed by atoms with Crippen LogP contribution in [-0.4, -0.2) is 14.5 Å². The molecule has 0 fully saturated rings. The van der Waals surface area contributed by atoms with E-state index in [2.05, 4.69) is 126 Å². The fraction of sp³-hybridized carbons (Fsp3) is 0. The topological polar surface area (TPSA) is 30.7 Å². The molecule has 11 aromatic rings. The predicted octanol–water partition coefficient (Wildman–Crippen LogP) is 12.8. The molecule has 5 heteroatoms. The molecule has 0 aliphatic heterocycles. The molecule has 0 aliphatic rings. The molecule has 4 aromatic heterocycles. The van der Waals surface area contributed by atoms with Crippen LogP contribution in [0.5, 0.6) is 0 Å². The molecule has 0 spiro atoms. The van der Waals surface area contributed by atoms with Gasteiger partial charge in [-0.3, -0.25) is 0 Å². The molecule has 0 amide bonds. The molecule has 0 radical (unpaired) electrons. The maximum Gasteiger partial charge on any atom is 0.0973 e. The van der Waals surface area contributed by atoms with Gasteiger partial charge < -0.3 is 4.57 Å². The fourth-order valence-corrected chi connectivity index (χ4v) is 10.2. The number of benzene rings is 7. The van der Waals surface area contributed by atoms with Gasteiger partial charge in [-0.2, -0.15) is 0 Å². The molecule has 228 valence electrons. The van der Waals surface area contributed by atoms with E-state index in [0.29, 0.717) is 0 Å². The number of hydrogen-bond donors (Lipinski definition) is 0. The number of para-hydroxylation sites is 3. The van der Waals surface area contributed by atoms with Crippen molar-refractivity contribution >= 4 is 95.9 Å². The largest absolute Gasteiger partial charge is 0.309 e. The first kappa shape index (κ1) is 27.1. The Labute approximate surface area is 289 Å². The van der Waals surface area contributed by atoms with Gasteiger partial charge in [0.1, 0.15) is 0 Å². The second-order valence-electron chi connectivity index (χ2n) is 12.5. The molecule has 49 heavy (non-hydrogen) atoms. The smallest absolute Gasteiger partial charge is 0.0973 e. The molecule has 0 N–H and O–H groups in total. The minimum Gasteiger partial charge on any atom is -0.309 e. The van der Waals surface area contributed by atoms with Crippen molar-refractivity contribution in [2.75, 3.05) is 0 Å². The highest BCUT2D eigenvalue weighted by Gasteiger charge is 2.24. The second-order valence-corrected chi connectivity index (χ2v) is 14.6. The minimum atomic E-state index is 0.886. The molecular weight excluding hydrogens is 635 g/mol. The normalized spacial score (nSPS) is 12.1. The van der Waals surface area contributed by atoms with Gasteiger partial charge in [0.2, 0.25) is 0 Å². The van der Waals surface area contributed by atoms with E-state index in [1.54, 1.807) is 0 Å². The van der Waals surface area contributed by atoms with Crippen LogP contribution < -0.4 is 0 Å². The Kier molecular flexibility index (Phi) is 5.70. The van der Waals surface area contributed by atoms with E-state index in [-0.39, 0.29) is 0 Å². The Morgan fingerprint density at radius 3 is 1.59 bits per heavy atom. The lowest BCUT2D eigenvalue weighted by molar-refractivity contribution is 1.19. The maximum atomic E-state index is 5.17. The Hall–Kier alpha value is -5.88.